The van der Waals surface area contributed by atoms with Gasteiger partial charge in [0.15, 0.2) is 0 Å². The van der Waals surface area contributed by atoms with Crippen LogP contribution in [0.4, 0.5) is 4.39 Å². The number of nitrogens with zero attached hydrogens (tertiary/aromatic N) is 2. The minimum Gasteiger partial charge on any atom is -0.368 e. The number of amides is 1. The normalized spacial score (nSPS) is 12.4. The van der Waals surface area contributed by atoms with Crippen LogP contribution < -0.4 is 16.6 Å². The van der Waals surface area contributed by atoms with Gasteiger partial charge in [0.05, 0.1) is 17.4 Å². The van der Waals surface area contributed by atoms with Gasteiger partial charge >= 0.3 is 0 Å². The van der Waals surface area contributed by atoms with Gasteiger partial charge in [0, 0.05) is 6.04 Å². The number of para-hydroxylation sites is 1. The molecule has 1 atom stereocenters. The van der Waals surface area contributed by atoms with E-state index < -0.39 is 5.91 Å². The van der Waals surface area contributed by atoms with Crippen LogP contribution in [0.3, 0.4) is 0 Å². The van der Waals surface area contributed by atoms with Crippen LogP contribution in [0.15, 0.2) is 53.3 Å². The minimum atomic E-state index is -0.612. The average Bonchev–Trinajstić information content (AvgIpc) is 2.65. The van der Waals surface area contributed by atoms with Crippen LogP contribution in [0.25, 0.3) is 10.9 Å². The Morgan fingerprint density at radius 2 is 1.86 bits per heavy atom. The van der Waals surface area contributed by atoms with Gasteiger partial charge in [-0.15, -0.1) is 0 Å². The zero-order valence-electron chi connectivity index (χ0n) is 15.9. The molecule has 0 spiro atoms. The van der Waals surface area contributed by atoms with Crippen LogP contribution in [0.5, 0.6) is 0 Å². The predicted molar refractivity (Wildman–Crippen MR) is 106 cm³/mol. The van der Waals surface area contributed by atoms with Crippen molar-refractivity contribution in [2.45, 2.75) is 33.0 Å². The number of halogens is 1. The van der Waals surface area contributed by atoms with E-state index in [-0.39, 0.29) is 36.4 Å². The molecule has 3 N–H and O–H groups in total. The van der Waals surface area contributed by atoms with E-state index in [9.17, 15) is 14.0 Å². The molecular formula is C21H23FN4O2. The molecule has 0 aliphatic rings. The lowest BCUT2D eigenvalue weighted by Crippen LogP contribution is -2.34. The summed E-state index contributed by atoms with van der Waals surface area (Å²) < 4.78 is 14.6. The molecule has 1 amide bonds. The maximum atomic E-state index is 13.3. The molecule has 0 radical (unpaired) electrons. The van der Waals surface area contributed by atoms with Gasteiger partial charge in [0.1, 0.15) is 18.2 Å². The number of carbonyl (C=O) groups is 1. The number of nitrogens with one attached hydrogen (secondary N) is 1. The van der Waals surface area contributed by atoms with E-state index in [1.54, 1.807) is 36.4 Å². The van der Waals surface area contributed by atoms with Crippen LogP contribution in [-0.4, -0.2) is 15.5 Å². The Labute approximate surface area is 162 Å². The Kier molecular flexibility index (Phi) is 5.84. The highest BCUT2D eigenvalue weighted by Gasteiger charge is 2.18. The molecule has 0 bridgehead atoms. The number of hydrogen-bond donors (Lipinski definition) is 2. The fraction of sp³-hybridized carbons (Fsp3) is 0.286. The number of fused-ring (bicyclic) bond motifs is 1. The van der Waals surface area contributed by atoms with Gasteiger partial charge in [-0.1, -0.05) is 38.1 Å². The van der Waals surface area contributed by atoms with Crippen molar-refractivity contribution in [1.82, 2.24) is 14.9 Å². The molecule has 1 aromatic heterocycles. The number of aromatic nitrogens is 2. The summed E-state index contributed by atoms with van der Waals surface area (Å²) in [6.45, 7) is 4.11. The standard InChI is InChI=1S/C21H23FN4O2/c1-13(2)20(14-7-9-15(22)10-8-14)24-11-19-25-17-6-4-3-5-16(17)21(28)26(19)12-18(23)27/h3-10,13,20,24H,11-12H2,1-2H3,(H2,23,27)/t20-/m1/s1. The lowest BCUT2D eigenvalue weighted by atomic mass is 9.96. The van der Waals surface area contributed by atoms with Gasteiger partial charge in [-0.2, -0.15) is 0 Å². The topological polar surface area (TPSA) is 90.0 Å². The molecule has 7 heteroatoms. The highest BCUT2D eigenvalue weighted by Crippen LogP contribution is 2.22. The Balaban J connectivity index is 1.96. The summed E-state index contributed by atoms with van der Waals surface area (Å²) in [5.41, 5.74) is 6.53. The second-order valence-electron chi connectivity index (χ2n) is 7.06. The molecular weight excluding hydrogens is 359 g/mol. The van der Waals surface area contributed by atoms with Gasteiger partial charge in [-0.25, -0.2) is 9.37 Å². The first-order valence-electron chi connectivity index (χ1n) is 9.12. The largest absolute Gasteiger partial charge is 0.368 e. The molecule has 0 saturated carbocycles. The van der Waals surface area contributed by atoms with E-state index in [0.29, 0.717) is 16.7 Å². The number of benzene rings is 2. The van der Waals surface area contributed by atoms with E-state index in [1.807, 2.05) is 13.8 Å². The van der Waals surface area contributed by atoms with Crippen LogP contribution in [0, 0.1) is 11.7 Å². The smallest absolute Gasteiger partial charge is 0.261 e. The number of nitrogens with two attached hydrogens (primary N) is 1. The molecule has 6 nitrogen and oxygen atoms in total. The summed E-state index contributed by atoms with van der Waals surface area (Å²) in [4.78, 5) is 28.9. The van der Waals surface area contributed by atoms with Gasteiger partial charge in [-0.3, -0.25) is 14.2 Å². The summed E-state index contributed by atoms with van der Waals surface area (Å²) in [6, 6.07) is 13.2. The molecule has 0 saturated heterocycles. The second kappa shape index (κ2) is 8.31. The molecule has 1 heterocycles. The maximum Gasteiger partial charge on any atom is 0.261 e. The Hall–Kier alpha value is -3.06. The highest BCUT2D eigenvalue weighted by molar-refractivity contribution is 5.78. The van der Waals surface area contributed by atoms with Gasteiger partial charge in [-0.05, 0) is 35.7 Å². The molecule has 3 rings (SSSR count). The van der Waals surface area contributed by atoms with Crippen molar-refractivity contribution in [3.8, 4) is 0 Å². The second-order valence-corrected chi connectivity index (χ2v) is 7.06. The Bertz CT molecular complexity index is 1040. The third kappa shape index (κ3) is 4.26. The van der Waals surface area contributed by atoms with E-state index >= 15 is 0 Å². The monoisotopic (exact) mass is 382 g/mol. The molecule has 0 unspecified atom stereocenters. The van der Waals surface area contributed by atoms with Crippen molar-refractivity contribution < 1.29 is 9.18 Å². The summed E-state index contributed by atoms with van der Waals surface area (Å²) in [5, 5.41) is 3.82. The molecule has 2 aromatic carbocycles. The zero-order valence-corrected chi connectivity index (χ0v) is 15.9. The maximum absolute atomic E-state index is 13.3. The zero-order chi connectivity index (χ0) is 20.3. The quantitative estimate of drug-likeness (QED) is 0.657. The third-order valence-electron chi connectivity index (χ3n) is 4.63. The first-order chi connectivity index (χ1) is 13.4. The summed E-state index contributed by atoms with van der Waals surface area (Å²) >= 11 is 0. The predicted octanol–water partition coefficient (Wildman–Crippen LogP) is 2.51. The van der Waals surface area contributed by atoms with Crippen molar-refractivity contribution in [2.75, 3.05) is 0 Å². The summed E-state index contributed by atoms with van der Waals surface area (Å²) in [5.74, 6) is -0.269. The Morgan fingerprint density at radius 1 is 1.18 bits per heavy atom. The number of carbonyl (C=O) groups excluding carboxylic acids is 1. The average molecular weight is 382 g/mol. The van der Waals surface area contributed by atoms with Crippen LogP contribution >= 0.6 is 0 Å². The van der Waals surface area contributed by atoms with Crippen LogP contribution in [-0.2, 0) is 17.9 Å². The summed E-state index contributed by atoms with van der Waals surface area (Å²) in [6.07, 6.45) is 0. The van der Waals surface area contributed by atoms with E-state index in [4.69, 9.17) is 5.73 Å². The SMILES string of the molecule is CC(C)[C@@H](NCc1nc2ccccc2c(=O)n1CC(N)=O)c1ccc(F)cc1. The van der Waals surface area contributed by atoms with Gasteiger partial charge < -0.3 is 11.1 Å². The van der Waals surface area contributed by atoms with Gasteiger partial charge in [0.2, 0.25) is 5.91 Å². The van der Waals surface area contributed by atoms with Crippen molar-refractivity contribution in [1.29, 1.82) is 0 Å². The van der Waals surface area contributed by atoms with E-state index in [2.05, 4.69) is 10.3 Å². The van der Waals surface area contributed by atoms with E-state index in [1.165, 1.54) is 16.7 Å². The van der Waals surface area contributed by atoms with Crippen molar-refractivity contribution >= 4 is 16.8 Å². The molecule has 0 aliphatic carbocycles. The van der Waals surface area contributed by atoms with Crippen LogP contribution in [0.1, 0.15) is 31.3 Å². The fourth-order valence-electron chi connectivity index (χ4n) is 3.28. The van der Waals surface area contributed by atoms with Crippen molar-refractivity contribution in [3.05, 3.63) is 76.1 Å². The number of hydrogen-bond acceptors (Lipinski definition) is 4. The molecule has 0 fully saturated rings. The number of primary amides is 1. The first-order valence-corrected chi connectivity index (χ1v) is 9.12. The van der Waals surface area contributed by atoms with Crippen LogP contribution in [0.2, 0.25) is 0 Å². The third-order valence-corrected chi connectivity index (χ3v) is 4.63. The van der Waals surface area contributed by atoms with Gasteiger partial charge in [0.25, 0.3) is 5.56 Å². The first kappa shape index (κ1) is 19.7. The highest BCUT2D eigenvalue weighted by atomic mass is 19.1. The molecule has 146 valence electrons. The number of rotatable bonds is 7. The lowest BCUT2D eigenvalue weighted by Gasteiger charge is -2.24. The fourth-order valence-corrected chi connectivity index (χ4v) is 3.28. The van der Waals surface area contributed by atoms with Crippen molar-refractivity contribution in [3.63, 3.8) is 0 Å². The molecule has 3 aromatic rings. The van der Waals surface area contributed by atoms with E-state index in [0.717, 1.165) is 5.56 Å². The minimum absolute atomic E-state index is 0.0778. The summed E-state index contributed by atoms with van der Waals surface area (Å²) in [7, 11) is 0. The molecule has 0 aliphatic heterocycles. The molecule has 28 heavy (non-hydrogen) atoms. The van der Waals surface area contributed by atoms with Crippen molar-refractivity contribution in [2.24, 2.45) is 11.7 Å². The lowest BCUT2D eigenvalue weighted by molar-refractivity contribution is -0.118. The Morgan fingerprint density at radius 3 is 2.50 bits per heavy atom.